The normalized spacial score (nSPS) is 14.6. The minimum atomic E-state index is -0.506. The molecule has 4 heterocycles. The van der Waals surface area contributed by atoms with Crippen molar-refractivity contribution in [2.24, 2.45) is 7.05 Å². The predicted octanol–water partition coefficient (Wildman–Crippen LogP) is 4.27. The second kappa shape index (κ2) is 8.70. The van der Waals surface area contributed by atoms with Crippen molar-refractivity contribution in [1.29, 1.82) is 0 Å². The Labute approximate surface area is 195 Å². The molecular weight excluding hydrogens is 439 g/mol. The topological polar surface area (TPSA) is 99.4 Å². The molecule has 0 radical (unpaired) electrons. The van der Waals surface area contributed by atoms with Crippen molar-refractivity contribution in [3.8, 4) is 17.1 Å². The minimum Gasteiger partial charge on any atom is -0.473 e. The fourth-order valence-corrected chi connectivity index (χ4v) is 4.05. The number of hydrogen-bond donors (Lipinski definition) is 0. The Morgan fingerprint density at radius 1 is 1.21 bits per heavy atom. The van der Waals surface area contributed by atoms with E-state index < -0.39 is 5.82 Å². The van der Waals surface area contributed by atoms with Gasteiger partial charge in [-0.1, -0.05) is 31.1 Å². The third-order valence-electron chi connectivity index (χ3n) is 5.86. The van der Waals surface area contributed by atoms with Gasteiger partial charge >= 0.3 is 6.01 Å². The lowest BCUT2D eigenvalue weighted by atomic mass is 10.1. The summed E-state index contributed by atoms with van der Waals surface area (Å²) in [5.74, 6) is 0.764. The van der Waals surface area contributed by atoms with E-state index in [0.717, 1.165) is 12.8 Å². The van der Waals surface area contributed by atoms with Gasteiger partial charge in [0.1, 0.15) is 23.8 Å². The molecule has 4 aromatic rings. The molecule has 0 amide bonds. The van der Waals surface area contributed by atoms with Crippen LogP contribution >= 0.6 is 0 Å². The van der Waals surface area contributed by atoms with Crippen LogP contribution in [-0.4, -0.2) is 49.1 Å². The molecule has 0 saturated carbocycles. The van der Waals surface area contributed by atoms with E-state index in [1.54, 1.807) is 23.9 Å². The van der Waals surface area contributed by atoms with Crippen LogP contribution in [0.15, 0.2) is 29.0 Å². The first-order chi connectivity index (χ1) is 16.4. The first-order valence-corrected chi connectivity index (χ1v) is 11.0. The average molecular weight is 462 g/mol. The molecule has 0 spiro atoms. The van der Waals surface area contributed by atoms with Crippen LogP contribution in [0.4, 0.5) is 16.1 Å². The number of nitrogens with zero attached hydrogens (tertiary/aromatic N) is 8. The fraction of sp³-hybridized carbons (Fsp3) is 0.391. The summed E-state index contributed by atoms with van der Waals surface area (Å²) >= 11 is 0. The molecule has 0 aliphatic carbocycles. The maximum atomic E-state index is 14.7. The number of rotatable bonds is 5. The molecule has 5 rings (SSSR count). The molecule has 174 valence electrons. The molecular formula is C23H23FN8O2. The first kappa shape index (κ1) is 21.8. The van der Waals surface area contributed by atoms with Crippen LogP contribution in [0, 0.1) is 12.4 Å². The second-order valence-electron chi connectivity index (χ2n) is 8.52. The third-order valence-corrected chi connectivity index (χ3v) is 5.86. The van der Waals surface area contributed by atoms with Crippen LogP contribution in [0.1, 0.15) is 38.4 Å². The van der Waals surface area contributed by atoms with Crippen molar-refractivity contribution in [3.63, 3.8) is 0 Å². The SMILES string of the molecule is [C-]#[N+]c1ccc(-c2c3ncnc(OC4CCN(c5nc(C(C)C)no5)CC4)c3nn2C)c(F)c1. The van der Waals surface area contributed by atoms with Crippen molar-refractivity contribution in [3.05, 3.63) is 47.6 Å². The van der Waals surface area contributed by atoms with E-state index in [1.807, 2.05) is 13.8 Å². The molecule has 0 atom stereocenters. The van der Waals surface area contributed by atoms with Gasteiger partial charge in [0, 0.05) is 44.5 Å². The summed E-state index contributed by atoms with van der Waals surface area (Å²) in [5, 5.41) is 8.55. The molecule has 0 N–H and O–H groups in total. The summed E-state index contributed by atoms with van der Waals surface area (Å²) in [5.41, 5.74) is 2.01. The van der Waals surface area contributed by atoms with Gasteiger partial charge < -0.3 is 14.2 Å². The highest BCUT2D eigenvalue weighted by molar-refractivity contribution is 5.92. The van der Waals surface area contributed by atoms with E-state index >= 15 is 0 Å². The van der Waals surface area contributed by atoms with Gasteiger partial charge in [-0.15, -0.1) is 0 Å². The Morgan fingerprint density at radius 3 is 2.68 bits per heavy atom. The minimum absolute atomic E-state index is 0.0676. The predicted molar refractivity (Wildman–Crippen MR) is 122 cm³/mol. The number of anilines is 1. The molecule has 1 aliphatic heterocycles. The van der Waals surface area contributed by atoms with Crippen LogP contribution in [0.5, 0.6) is 5.88 Å². The number of ether oxygens (including phenoxy) is 1. The Bertz CT molecular complexity index is 1380. The van der Waals surface area contributed by atoms with Gasteiger partial charge in [-0.05, 0) is 6.07 Å². The lowest BCUT2D eigenvalue weighted by molar-refractivity contribution is 0.163. The van der Waals surface area contributed by atoms with Crippen LogP contribution in [0.25, 0.3) is 27.1 Å². The standard InChI is InChI=1S/C23H23FN8O2/c1-13(2)21-28-23(34-30-21)32-9-7-15(8-10-32)33-22-19-18(26-12-27-22)20(31(4)29-19)16-6-5-14(25-3)11-17(16)24/h5-6,11-13,15H,7-10H2,1-2,4H3. The van der Waals surface area contributed by atoms with E-state index in [1.165, 1.54) is 12.4 Å². The van der Waals surface area contributed by atoms with E-state index in [2.05, 4.69) is 35.0 Å². The Kier molecular flexibility index (Phi) is 5.57. The maximum absolute atomic E-state index is 14.7. The van der Waals surface area contributed by atoms with Crippen molar-refractivity contribution in [2.45, 2.75) is 38.7 Å². The highest BCUT2D eigenvalue weighted by Gasteiger charge is 2.27. The Hall–Kier alpha value is -4.07. The average Bonchev–Trinajstić information content (AvgIpc) is 3.45. The van der Waals surface area contributed by atoms with E-state index in [-0.39, 0.29) is 17.7 Å². The van der Waals surface area contributed by atoms with Crippen molar-refractivity contribution < 1.29 is 13.7 Å². The van der Waals surface area contributed by atoms with Gasteiger partial charge in [-0.25, -0.2) is 14.2 Å². The van der Waals surface area contributed by atoms with E-state index in [0.29, 0.717) is 53.1 Å². The molecule has 1 fully saturated rings. The first-order valence-electron chi connectivity index (χ1n) is 11.0. The number of benzene rings is 1. The van der Waals surface area contributed by atoms with Gasteiger partial charge in [0.05, 0.1) is 12.3 Å². The summed E-state index contributed by atoms with van der Waals surface area (Å²) in [6.07, 6.45) is 2.83. The monoisotopic (exact) mass is 462 g/mol. The van der Waals surface area contributed by atoms with Crippen LogP contribution < -0.4 is 9.64 Å². The van der Waals surface area contributed by atoms with Crippen LogP contribution in [0.2, 0.25) is 0 Å². The number of hydrogen-bond acceptors (Lipinski definition) is 8. The molecule has 0 bridgehead atoms. The number of piperidine rings is 1. The number of aryl methyl sites for hydroxylation is 1. The molecule has 34 heavy (non-hydrogen) atoms. The lowest BCUT2D eigenvalue weighted by Crippen LogP contribution is -2.38. The van der Waals surface area contributed by atoms with Gasteiger partial charge in [-0.2, -0.15) is 15.1 Å². The second-order valence-corrected chi connectivity index (χ2v) is 8.52. The zero-order chi connectivity index (χ0) is 23.8. The third kappa shape index (κ3) is 3.91. The van der Waals surface area contributed by atoms with Gasteiger partial charge in [-0.3, -0.25) is 4.68 Å². The van der Waals surface area contributed by atoms with Gasteiger partial charge in [0.15, 0.2) is 17.0 Å². The number of aromatic nitrogens is 6. The summed E-state index contributed by atoms with van der Waals surface area (Å²) in [6, 6.07) is 4.89. The quantitative estimate of drug-likeness (QED) is 0.406. The molecule has 0 unspecified atom stereocenters. The summed E-state index contributed by atoms with van der Waals surface area (Å²) in [7, 11) is 1.72. The van der Waals surface area contributed by atoms with Crippen molar-refractivity contribution in [1.82, 2.24) is 29.9 Å². The summed E-state index contributed by atoms with van der Waals surface area (Å²) < 4.78 is 27.9. The van der Waals surface area contributed by atoms with Crippen molar-refractivity contribution >= 4 is 22.7 Å². The molecule has 1 aliphatic rings. The Morgan fingerprint density at radius 2 is 2.00 bits per heavy atom. The maximum Gasteiger partial charge on any atom is 0.324 e. The molecule has 11 heteroatoms. The number of halogens is 1. The van der Waals surface area contributed by atoms with E-state index in [9.17, 15) is 4.39 Å². The fourth-order valence-electron chi connectivity index (χ4n) is 4.05. The molecule has 3 aromatic heterocycles. The summed E-state index contributed by atoms with van der Waals surface area (Å²) in [4.78, 5) is 18.5. The highest BCUT2D eigenvalue weighted by atomic mass is 19.1. The molecule has 10 nitrogen and oxygen atoms in total. The largest absolute Gasteiger partial charge is 0.473 e. The smallest absolute Gasteiger partial charge is 0.324 e. The van der Waals surface area contributed by atoms with Crippen LogP contribution in [0.3, 0.4) is 0 Å². The van der Waals surface area contributed by atoms with Crippen molar-refractivity contribution in [2.75, 3.05) is 18.0 Å². The zero-order valence-electron chi connectivity index (χ0n) is 19.1. The lowest BCUT2D eigenvalue weighted by Gasteiger charge is -2.30. The Balaban J connectivity index is 1.35. The molecule has 1 saturated heterocycles. The number of fused-ring (bicyclic) bond motifs is 1. The van der Waals surface area contributed by atoms with E-state index in [4.69, 9.17) is 15.8 Å². The zero-order valence-corrected chi connectivity index (χ0v) is 19.1. The molecule has 1 aromatic carbocycles. The summed E-state index contributed by atoms with van der Waals surface area (Å²) in [6.45, 7) is 12.6. The van der Waals surface area contributed by atoms with Gasteiger partial charge in [0.2, 0.25) is 5.88 Å². The van der Waals surface area contributed by atoms with Gasteiger partial charge in [0.25, 0.3) is 0 Å². The van der Waals surface area contributed by atoms with Crippen LogP contribution in [-0.2, 0) is 7.05 Å². The highest BCUT2D eigenvalue weighted by Crippen LogP contribution is 2.34.